The average Bonchev–Trinajstić information content (AvgIpc) is 3.46. The van der Waals surface area contributed by atoms with Gasteiger partial charge in [-0.25, -0.2) is 0 Å². The predicted octanol–water partition coefficient (Wildman–Crippen LogP) is 12.5. The molecule has 0 spiro atoms. The number of aliphatic hydroxyl groups is 1. The van der Waals surface area contributed by atoms with Crippen molar-refractivity contribution in [1.82, 2.24) is 4.98 Å². The second-order valence-electron chi connectivity index (χ2n) is 14.4. The third-order valence-corrected chi connectivity index (χ3v) is 9.22. The van der Waals surface area contributed by atoms with Crippen molar-refractivity contribution < 1.29 is 34.4 Å². The van der Waals surface area contributed by atoms with E-state index in [0.29, 0.717) is 5.92 Å². The van der Waals surface area contributed by atoms with Crippen LogP contribution >= 0.6 is 0 Å². The molecule has 0 aliphatic rings. The molecule has 263 valence electrons. The van der Waals surface area contributed by atoms with Gasteiger partial charge in [0, 0.05) is 61.7 Å². The van der Waals surface area contributed by atoms with Crippen LogP contribution in [0, 0.1) is 23.8 Å². The molecule has 0 atom stereocenters. The minimum Gasteiger partial charge on any atom is -0.512 e. The number of hydrogen-bond acceptors (Lipinski definition) is 4. The SMILES string of the molecule is CC(C)Cc1cc2ccc(-c3ccnc(-c4[c-]c5ccccc5c(C(C)(C)C)c4)c3)cc2o1.CCC(CC)C(=O)/C=C(\O)C(CC)CC.[Ir]. The average molecular weight is 837 g/mol. The summed E-state index contributed by atoms with van der Waals surface area (Å²) in [6.45, 7) is 19.3. The number of pyridine rings is 1. The van der Waals surface area contributed by atoms with Gasteiger partial charge < -0.3 is 9.52 Å². The van der Waals surface area contributed by atoms with Gasteiger partial charge in [0.15, 0.2) is 5.78 Å². The van der Waals surface area contributed by atoms with Crippen LogP contribution in [0.3, 0.4) is 0 Å². The fourth-order valence-corrected chi connectivity index (χ4v) is 6.29. The van der Waals surface area contributed by atoms with E-state index >= 15 is 0 Å². The molecule has 1 radical (unpaired) electrons. The van der Waals surface area contributed by atoms with Gasteiger partial charge >= 0.3 is 0 Å². The molecule has 3 aromatic carbocycles. The number of benzene rings is 3. The third-order valence-electron chi connectivity index (χ3n) is 9.22. The number of furan rings is 1. The first kappa shape index (κ1) is 39.9. The van der Waals surface area contributed by atoms with Gasteiger partial charge in [-0.3, -0.25) is 9.78 Å². The quantitative estimate of drug-likeness (QED) is 0.0818. The number of aromatic nitrogens is 1. The van der Waals surface area contributed by atoms with Gasteiger partial charge in [-0.05, 0) is 66.3 Å². The topological polar surface area (TPSA) is 63.3 Å². The Balaban J connectivity index is 0.000000347. The number of fused-ring (bicyclic) bond motifs is 2. The molecule has 5 rings (SSSR count). The summed E-state index contributed by atoms with van der Waals surface area (Å²) < 4.78 is 6.14. The van der Waals surface area contributed by atoms with Crippen molar-refractivity contribution in [2.45, 2.75) is 99.8 Å². The van der Waals surface area contributed by atoms with Gasteiger partial charge in [0.05, 0.1) is 5.76 Å². The van der Waals surface area contributed by atoms with Gasteiger partial charge in [-0.1, -0.05) is 110 Å². The molecule has 0 amide bonds. The molecule has 0 aliphatic carbocycles. The summed E-state index contributed by atoms with van der Waals surface area (Å²) in [6.07, 6.45) is 7.75. The molecule has 2 heterocycles. The van der Waals surface area contributed by atoms with Crippen molar-refractivity contribution in [3.05, 3.63) is 102 Å². The Labute approximate surface area is 307 Å². The fourth-order valence-electron chi connectivity index (χ4n) is 6.29. The Kier molecular flexibility index (Phi) is 14.6. The Bertz CT molecular complexity index is 1850. The number of hydrogen-bond donors (Lipinski definition) is 1. The monoisotopic (exact) mass is 837 g/mol. The van der Waals surface area contributed by atoms with E-state index in [2.05, 4.69) is 107 Å². The van der Waals surface area contributed by atoms with E-state index in [1.54, 1.807) is 0 Å². The fraction of sp³-hybridized carbons (Fsp3) is 0.409. The predicted molar refractivity (Wildman–Crippen MR) is 202 cm³/mol. The van der Waals surface area contributed by atoms with E-state index in [1.165, 1.54) is 17.0 Å². The van der Waals surface area contributed by atoms with Crippen molar-refractivity contribution in [2.24, 2.45) is 17.8 Å². The molecule has 5 heteroatoms. The minimum absolute atomic E-state index is 0. The Morgan fingerprint density at radius 1 is 0.878 bits per heavy atom. The standard InChI is InChI=1S/C31H30NO.C13H24O2.Ir/c1-20(2)14-26-16-24-11-10-21(19-30(24)33-26)22-12-13-32-29(18-22)25-15-23-8-6-7-9-27(23)28(17-25)31(3,4)5;1-5-10(6-2)12(14)9-13(15)11(7-3)8-4;/h6-13,16-20H,14H2,1-5H3;9-11,14H,5-8H2,1-4H3;/q-1;;/b;12-9-;. The second kappa shape index (κ2) is 17.9. The molecule has 0 saturated carbocycles. The Morgan fingerprint density at radius 3 is 2.16 bits per heavy atom. The smallest absolute Gasteiger partial charge is 0.162 e. The first-order valence-corrected chi connectivity index (χ1v) is 17.8. The van der Waals surface area contributed by atoms with Crippen LogP contribution in [-0.4, -0.2) is 15.9 Å². The van der Waals surface area contributed by atoms with Crippen LogP contribution in [0.1, 0.15) is 99.3 Å². The van der Waals surface area contributed by atoms with Crippen LogP contribution < -0.4 is 0 Å². The molecule has 4 nitrogen and oxygen atoms in total. The van der Waals surface area contributed by atoms with Crippen LogP contribution in [0.4, 0.5) is 0 Å². The summed E-state index contributed by atoms with van der Waals surface area (Å²) in [5.41, 5.74) is 6.50. The van der Waals surface area contributed by atoms with Crippen LogP contribution in [0.25, 0.3) is 44.1 Å². The van der Waals surface area contributed by atoms with Crippen molar-refractivity contribution in [1.29, 1.82) is 0 Å². The third kappa shape index (κ3) is 10.2. The van der Waals surface area contributed by atoms with Crippen LogP contribution in [0.2, 0.25) is 0 Å². The molecule has 5 aromatic rings. The molecule has 1 N–H and O–H groups in total. The molecule has 0 saturated heterocycles. The minimum atomic E-state index is 0. The number of carbonyl (C=O) groups excluding carboxylic acids is 1. The summed E-state index contributed by atoms with van der Waals surface area (Å²) in [7, 11) is 0. The Morgan fingerprint density at radius 2 is 1.53 bits per heavy atom. The van der Waals surface area contributed by atoms with E-state index in [9.17, 15) is 9.90 Å². The van der Waals surface area contributed by atoms with Gasteiger partial charge in [0.1, 0.15) is 11.3 Å². The van der Waals surface area contributed by atoms with E-state index in [1.807, 2.05) is 33.9 Å². The first-order valence-electron chi connectivity index (χ1n) is 17.8. The number of rotatable bonds is 11. The zero-order valence-corrected chi connectivity index (χ0v) is 33.2. The maximum Gasteiger partial charge on any atom is 0.162 e. The molecule has 0 bridgehead atoms. The second-order valence-corrected chi connectivity index (χ2v) is 14.4. The number of aliphatic hydroxyl groups excluding tert-OH is 1. The molecule has 0 fully saturated rings. The number of nitrogens with zero attached hydrogens (tertiary/aromatic N) is 1. The van der Waals surface area contributed by atoms with Crippen molar-refractivity contribution in [2.75, 3.05) is 0 Å². The molecular formula is C44H54IrNO3-. The van der Waals surface area contributed by atoms with Crippen molar-refractivity contribution >= 4 is 27.5 Å². The van der Waals surface area contributed by atoms with E-state index < -0.39 is 0 Å². The summed E-state index contributed by atoms with van der Waals surface area (Å²) in [5.74, 6) is 2.17. The normalized spacial score (nSPS) is 12.0. The van der Waals surface area contributed by atoms with Crippen LogP contribution in [-0.2, 0) is 36.7 Å². The molecular weight excluding hydrogens is 783 g/mol. The van der Waals surface area contributed by atoms with Gasteiger partial charge in [-0.2, -0.15) is 0 Å². The number of carbonyl (C=O) groups is 1. The zero-order chi connectivity index (χ0) is 35.0. The van der Waals surface area contributed by atoms with E-state index in [-0.39, 0.29) is 48.9 Å². The van der Waals surface area contributed by atoms with Gasteiger partial charge in [-0.15, -0.1) is 29.1 Å². The first-order chi connectivity index (χ1) is 22.9. The molecule has 2 aromatic heterocycles. The summed E-state index contributed by atoms with van der Waals surface area (Å²) in [5, 5.41) is 13.3. The Hall–Kier alpha value is -3.53. The summed E-state index contributed by atoms with van der Waals surface area (Å²) >= 11 is 0. The van der Waals surface area contributed by atoms with Gasteiger partial charge in [0.25, 0.3) is 0 Å². The van der Waals surface area contributed by atoms with Crippen molar-refractivity contribution in [3.8, 4) is 22.4 Å². The van der Waals surface area contributed by atoms with Crippen molar-refractivity contribution in [3.63, 3.8) is 0 Å². The largest absolute Gasteiger partial charge is 0.512 e. The van der Waals surface area contributed by atoms with Gasteiger partial charge in [0.2, 0.25) is 0 Å². The number of ketones is 1. The zero-order valence-electron chi connectivity index (χ0n) is 30.8. The number of allylic oxidation sites excluding steroid dienone is 2. The summed E-state index contributed by atoms with van der Waals surface area (Å²) in [6, 6.07) is 27.2. The maximum absolute atomic E-state index is 11.7. The molecule has 0 aliphatic heterocycles. The molecule has 49 heavy (non-hydrogen) atoms. The van der Waals surface area contributed by atoms with E-state index in [0.717, 1.165) is 76.6 Å². The molecule has 0 unspecified atom stereocenters. The van der Waals surface area contributed by atoms with E-state index in [4.69, 9.17) is 9.40 Å². The maximum atomic E-state index is 11.7. The summed E-state index contributed by atoms with van der Waals surface area (Å²) in [4.78, 5) is 16.4. The van der Waals surface area contributed by atoms with Crippen LogP contribution in [0.15, 0.2) is 89.2 Å². The van der Waals surface area contributed by atoms with Crippen LogP contribution in [0.5, 0.6) is 0 Å².